The lowest BCUT2D eigenvalue weighted by atomic mass is 10.1. The van der Waals surface area contributed by atoms with E-state index in [1.54, 1.807) is 17.0 Å². The number of nitrogens with zero attached hydrogens (tertiary/aromatic N) is 1. The molecule has 29 heavy (non-hydrogen) atoms. The van der Waals surface area contributed by atoms with Crippen LogP contribution in [0.4, 0.5) is 4.39 Å². The number of sulfonamides is 1. The minimum atomic E-state index is -3.78. The Morgan fingerprint density at radius 1 is 0.862 bits per heavy atom. The topological polar surface area (TPSA) is 80.5 Å². The van der Waals surface area contributed by atoms with Gasteiger partial charge in [-0.2, -0.15) is 0 Å². The predicted octanol–water partition coefficient (Wildman–Crippen LogP) is 3.62. The summed E-state index contributed by atoms with van der Waals surface area (Å²) in [6.07, 6.45) is 0. The van der Waals surface area contributed by atoms with Crippen LogP contribution < -0.4 is 5.14 Å². The molecule has 150 valence electrons. The summed E-state index contributed by atoms with van der Waals surface area (Å²) in [5, 5.41) is 5.14. The molecule has 0 heterocycles. The Kier molecular flexibility index (Phi) is 6.10. The molecule has 0 bridgehead atoms. The number of aryl methyl sites for hydroxylation is 1. The standard InChI is InChI=1S/C22H21FN2O3S/c1-16-2-4-17(5-3-16)14-25(22(26)19-8-10-20(23)11-9-19)15-18-6-12-21(13-7-18)29(24,27)28/h2-13H,14-15H2,1H3,(H2,24,27,28). The quantitative estimate of drug-likeness (QED) is 0.671. The van der Waals surface area contributed by atoms with Gasteiger partial charge in [0.05, 0.1) is 4.90 Å². The first kappa shape index (κ1) is 20.7. The summed E-state index contributed by atoms with van der Waals surface area (Å²) in [7, 11) is -3.78. The van der Waals surface area contributed by atoms with Crippen molar-refractivity contribution in [3.8, 4) is 0 Å². The summed E-state index contributed by atoms with van der Waals surface area (Å²) < 4.78 is 36.1. The zero-order chi connectivity index (χ0) is 21.0. The van der Waals surface area contributed by atoms with Gasteiger partial charge in [-0.25, -0.2) is 17.9 Å². The molecule has 3 aromatic rings. The minimum Gasteiger partial charge on any atom is -0.330 e. The Morgan fingerprint density at radius 2 is 1.34 bits per heavy atom. The van der Waals surface area contributed by atoms with E-state index in [4.69, 9.17) is 5.14 Å². The summed E-state index contributed by atoms with van der Waals surface area (Å²) in [5.41, 5.74) is 3.19. The van der Waals surface area contributed by atoms with Gasteiger partial charge in [-0.3, -0.25) is 4.79 Å². The number of halogens is 1. The Balaban J connectivity index is 1.88. The highest BCUT2D eigenvalue weighted by atomic mass is 32.2. The molecule has 2 N–H and O–H groups in total. The van der Waals surface area contributed by atoms with Gasteiger partial charge in [-0.15, -0.1) is 0 Å². The molecule has 0 saturated heterocycles. The molecule has 3 aromatic carbocycles. The maximum atomic E-state index is 13.2. The second-order valence-electron chi connectivity index (χ2n) is 6.84. The first-order valence-electron chi connectivity index (χ1n) is 8.94. The highest BCUT2D eigenvalue weighted by molar-refractivity contribution is 7.89. The van der Waals surface area contributed by atoms with Gasteiger partial charge in [0.1, 0.15) is 5.82 Å². The fourth-order valence-corrected chi connectivity index (χ4v) is 3.41. The monoisotopic (exact) mass is 412 g/mol. The molecule has 0 radical (unpaired) electrons. The number of benzene rings is 3. The first-order chi connectivity index (χ1) is 13.7. The number of primary sulfonamides is 1. The first-order valence-corrected chi connectivity index (χ1v) is 10.5. The van der Waals surface area contributed by atoms with Crippen LogP contribution in [0.1, 0.15) is 27.0 Å². The number of nitrogens with two attached hydrogens (primary N) is 1. The number of hydrogen-bond donors (Lipinski definition) is 1. The summed E-state index contributed by atoms with van der Waals surface area (Å²) in [5.74, 6) is -0.661. The minimum absolute atomic E-state index is 0.0104. The van der Waals surface area contributed by atoms with Gasteiger partial charge in [0.25, 0.3) is 5.91 Å². The molecule has 0 fully saturated rings. The van der Waals surface area contributed by atoms with Crippen molar-refractivity contribution in [1.82, 2.24) is 4.90 Å². The van der Waals surface area contributed by atoms with Crippen molar-refractivity contribution in [1.29, 1.82) is 0 Å². The number of carbonyl (C=O) groups is 1. The number of rotatable bonds is 6. The normalized spacial score (nSPS) is 11.3. The van der Waals surface area contributed by atoms with Crippen LogP contribution in [0.3, 0.4) is 0 Å². The van der Waals surface area contributed by atoms with Crippen LogP contribution in [0.2, 0.25) is 0 Å². The molecule has 3 rings (SSSR count). The zero-order valence-corrected chi connectivity index (χ0v) is 16.7. The smallest absolute Gasteiger partial charge is 0.254 e. The van der Waals surface area contributed by atoms with Crippen LogP contribution in [0.15, 0.2) is 77.7 Å². The number of amides is 1. The van der Waals surface area contributed by atoms with Crippen molar-refractivity contribution in [2.75, 3.05) is 0 Å². The van der Waals surface area contributed by atoms with E-state index in [-0.39, 0.29) is 17.3 Å². The number of hydrogen-bond acceptors (Lipinski definition) is 3. The van der Waals surface area contributed by atoms with Crippen LogP contribution in [0.5, 0.6) is 0 Å². The van der Waals surface area contributed by atoms with Gasteiger partial charge in [-0.1, -0.05) is 42.0 Å². The highest BCUT2D eigenvalue weighted by Crippen LogP contribution is 2.17. The van der Waals surface area contributed by atoms with Crippen LogP contribution in [0, 0.1) is 12.7 Å². The summed E-state index contributed by atoms with van der Waals surface area (Å²) in [4.78, 5) is 14.7. The van der Waals surface area contributed by atoms with Crippen molar-refractivity contribution >= 4 is 15.9 Å². The summed E-state index contributed by atoms with van der Waals surface area (Å²) in [6, 6.07) is 19.3. The van der Waals surface area contributed by atoms with E-state index < -0.39 is 15.8 Å². The van der Waals surface area contributed by atoms with Gasteiger partial charge in [-0.05, 0) is 54.4 Å². The summed E-state index contributed by atoms with van der Waals surface area (Å²) >= 11 is 0. The summed E-state index contributed by atoms with van der Waals surface area (Å²) in [6.45, 7) is 2.60. The lowest BCUT2D eigenvalue weighted by Crippen LogP contribution is -2.30. The SMILES string of the molecule is Cc1ccc(CN(Cc2ccc(S(N)(=O)=O)cc2)C(=O)c2ccc(F)cc2)cc1. The lowest BCUT2D eigenvalue weighted by molar-refractivity contribution is 0.0730. The van der Waals surface area contributed by atoms with Gasteiger partial charge >= 0.3 is 0 Å². The van der Waals surface area contributed by atoms with Crippen molar-refractivity contribution in [3.05, 3.63) is 101 Å². The third-order valence-corrected chi connectivity index (χ3v) is 5.43. The average molecular weight is 412 g/mol. The molecular formula is C22H21FN2O3S. The van der Waals surface area contributed by atoms with E-state index in [0.29, 0.717) is 12.1 Å². The van der Waals surface area contributed by atoms with Gasteiger partial charge in [0, 0.05) is 18.7 Å². The fraction of sp³-hybridized carbons (Fsp3) is 0.136. The van der Waals surface area contributed by atoms with Gasteiger partial charge < -0.3 is 4.90 Å². The van der Waals surface area contributed by atoms with E-state index in [2.05, 4.69) is 0 Å². The zero-order valence-electron chi connectivity index (χ0n) is 15.9. The third kappa shape index (κ3) is 5.49. The van der Waals surface area contributed by atoms with E-state index in [9.17, 15) is 17.6 Å². The van der Waals surface area contributed by atoms with E-state index in [0.717, 1.165) is 16.7 Å². The molecule has 0 atom stereocenters. The maximum absolute atomic E-state index is 13.2. The molecule has 1 amide bonds. The second kappa shape index (κ2) is 8.55. The third-order valence-electron chi connectivity index (χ3n) is 4.50. The molecule has 0 aliphatic heterocycles. The lowest BCUT2D eigenvalue weighted by Gasteiger charge is -2.23. The Labute approximate surface area is 169 Å². The van der Waals surface area contributed by atoms with Crippen LogP contribution in [-0.4, -0.2) is 19.2 Å². The van der Waals surface area contributed by atoms with E-state index in [1.807, 2.05) is 31.2 Å². The van der Waals surface area contributed by atoms with Crippen molar-refractivity contribution in [3.63, 3.8) is 0 Å². The van der Waals surface area contributed by atoms with Crippen molar-refractivity contribution < 1.29 is 17.6 Å². The largest absolute Gasteiger partial charge is 0.330 e. The molecule has 7 heteroatoms. The Bertz CT molecular complexity index is 1090. The van der Waals surface area contributed by atoms with Crippen LogP contribution >= 0.6 is 0 Å². The predicted molar refractivity (Wildman–Crippen MR) is 109 cm³/mol. The maximum Gasteiger partial charge on any atom is 0.254 e. The van der Waals surface area contributed by atoms with Crippen molar-refractivity contribution in [2.45, 2.75) is 24.9 Å². The number of carbonyl (C=O) groups excluding carboxylic acids is 1. The van der Waals surface area contributed by atoms with E-state index in [1.165, 1.54) is 36.4 Å². The molecule has 0 saturated carbocycles. The molecule has 0 unspecified atom stereocenters. The Hall–Kier alpha value is -3.03. The molecule has 0 spiro atoms. The van der Waals surface area contributed by atoms with E-state index >= 15 is 0 Å². The molecule has 0 aromatic heterocycles. The second-order valence-corrected chi connectivity index (χ2v) is 8.40. The highest BCUT2D eigenvalue weighted by Gasteiger charge is 2.17. The van der Waals surface area contributed by atoms with Gasteiger partial charge in [0.2, 0.25) is 10.0 Å². The van der Waals surface area contributed by atoms with Crippen molar-refractivity contribution in [2.24, 2.45) is 5.14 Å². The molecule has 0 aliphatic rings. The Morgan fingerprint density at radius 3 is 1.83 bits per heavy atom. The molecular weight excluding hydrogens is 391 g/mol. The fourth-order valence-electron chi connectivity index (χ4n) is 2.89. The van der Waals surface area contributed by atoms with Crippen LogP contribution in [0.25, 0.3) is 0 Å². The van der Waals surface area contributed by atoms with Crippen LogP contribution in [-0.2, 0) is 23.1 Å². The molecule has 0 aliphatic carbocycles. The molecule has 5 nitrogen and oxygen atoms in total. The average Bonchev–Trinajstić information content (AvgIpc) is 2.69. The van der Waals surface area contributed by atoms with Gasteiger partial charge in [0.15, 0.2) is 0 Å².